The predicted octanol–water partition coefficient (Wildman–Crippen LogP) is 2.07. The van der Waals surface area contributed by atoms with Gasteiger partial charge in [-0.2, -0.15) is 0 Å². The number of aromatic nitrogens is 3. The lowest BCUT2D eigenvalue weighted by Crippen LogP contribution is -2.38. The van der Waals surface area contributed by atoms with Gasteiger partial charge in [0.05, 0.1) is 35.1 Å². The molecule has 1 aliphatic rings. The molecule has 0 amide bonds. The molecule has 0 bridgehead atoms. The van der Waals surface area contributed by atoms with E-state index in [1.807, 2.05) is 24.7 Å². The number of aliphatic hydroxyl groups is 1. The molecule has 0 radical (unpaired) electrons. The Morgan fingerprint density at radius 2 is 2.20 bits per heavy atom. The van der Waals surface area contributed by atoms with Crippen LogP contribution in [0.15, 0.2) is 30.7 Å². The Kier molecular flexibility index (Phi) is 2.60. The molecule has 5 nitrogen and oxygen atoms in total. The third-order valence-electron chi connectivity index (χ3n) is 4.00. The van der Waals surface area contributed by atoms with Gasteiger partial charge in [-0.3, -0.25) is 0 Å². The Bertz CT molecular complexity index is 767. The molecule has 1 saturated heterocycles. The number of pyridine rings is 2. The van der Waals surface area contributed by atoms with E-state index in [2.05, 4.69) is 25.9 Å². The molecule has 1 aliphatic heterocycles. The number of anilines is 1. The second-order valence-corrected chi connectivity index (χ2v) is 5.34. The average molecular weight is 268 g/mol. The quantitative estimate of drug-likeness (QED) is 0.709. The SMILES string of the molecule is OC1CCCN(c2cnc3ncc4[nH]cccc4c23)C1. The minimum Gasteiger partial charge on any atom is -0.391 e. The summed E-state index contributed by atoms with van der Waals surface area (Å²) >= 11 is 0. The molecule has 0 saturated carbocycles. The number of rotatable bonds is 1. The first-order chi connectivity index (χ1) is 9.83. The molecule has 0 aliphatic carbocycles. The summed E-state index contributed by atoms with van der Waals surface area (Å²) in [5.41, 5.74) is 2.86. The number of nitrogens with one attached hydrogen (secondary N) is 1. The molecule has 1 unspecified atom stereocenters. The van der Waals surface area contributed by atoms with Crippen molar-refractivity contribution in [2.45, 2.75) is 18.9 Å². The van der Waals surface area contributed by atoms with E-state index < -0.39 is 0 Å². The van der Waals surface area contributed by atoms with E-state index >= 15 is 0 Å². The first kappa shape index (κ1) is 11.7. The van der Waals surface area contributed by atoms with Crippen molar-refractivity contribution < 1.29 is 5.11 Å². The van der Waals surface area contributed by atoms with Crippen molar-refractivity contribution in [3.05, 3.63) is 30.7 Å². The fourth-order valence-electron chi connectivity index (χ4n) is 3.04. The molecule has 3 aromatic heterocycles. The van der Waals surface area contributed by atoms with Crippen LogP contribution in [-0.4, -0.2) is 39.3 Å². The zero-order valence-corrected chi connectivity index (χ0v) is 11.1. The van der Waals surface area contributed by atoms with Gasteiger partial charge in [0, 0.05) is 24.7 Å². The summed E-state index contributed by atoms with van der Waals surface area (Å²) in [4.78, 5) is 14.3. The fraction of sp³-hybridized carbons (Fsp3) is 0.333. The second kappa shape index (κ2) is 4.45. The summed E-state index contributed by atoms with van der Waals surface area (Å²) in [7, 11) is 0. The van der Waals surface area contributed by atoms with Gasteiger partial charge in [-0.15, -0.1) is 0 Å². The maximum atomic E-state index is 9.88. The number of aromatic amines is 1. The van der Waals surface area contributed by atoms with Crippen LogP contribution in [0, 0.1) is 0 Å². The standard InChI is InChI=1S/C15H16N4O/c20-10-3-2-6-19(9-10)13-8-18-15-14(13)11-4-1-5-16-12(11)7-17-15/h1,4-5,7-8,10,16,20H,2-3,6,9H2. The van der Waals surface area contributed by atoms with Gasteiger partial charge in [-0.25, -0.2) is 9.97 Å². The third kappa shape index (κ3) is 1.74. The molecule has 20 heavy (non-hydrogen) atoms. The zero-order valence-electron chi connectivity index (χ0n) is 11.1. The van der Waals surface area contributed by atoms with Crippen LogP contribution in [0.5, 0.6) is 0 Å². The number of hydrogen-bond donors (Lipinski definition) is 2. The summed E-state index contributed by atoms with van der Waals surface area (Å²) in [6.45, 7) is 1.64. The van der Waals surface area contributed by atoms with Crippen molar-refractivity contribution in [3.63, 3.8) is 0 Å². The molecule has 0 aromatic carbocycles. The zero-order chi connectivity index (χ0) is 13.5. The minimum absolute atomic E-state index is 0.247. The van der Waals surface area contributed by atoms with Crippen LogP contribution in [-0.2, 0) is 0 Å². The van der Waals surface area contributed by atoms with E-state index in [9.17, 15) is 5.11 Å². The molecule has 1 atom stereocenters. The van der Waals surface area contributed by atoms with Gasteiger partial charge < -0.3 is 15.0 Å². The summed E-state index contributed by atoms with van der Waals surface area (Å²) in [5, 5.41) is 12.1. The van der Waals surface area contributed by atoms with Crippen molar-refractivity contribution in [2.24, 2.45) is 0 Å². The lowest BCUT2D eigenvalue weighted by molar-refractivity contribution is 0.154. The molecule has 1 fully saturated rings. The van der Waals surface area contributed by atoms with Gasteiger partial charge in [-0.05, 0) is 18.9 Å². The van der Waals surface area contributed by atoms with Crippen LogP contribution in [0.25, 0.3) is 21.9 Å². The molecular weight excluding hydrogens is 252 g/mol. The second-order valence-electron chi connectivity index (χ2n) is 5.34. The molecule has 5 heteroatoms. The first-order valence-electron chi connectivity index (χ1n) is 6.97. The van der Waals surface area contributed by atoms with Crippen LogP contribution in [0.3, 0.4) is 0 Å². The first-order valence-corrected chi connectivity index (χ1v) is 6.97. The van der Waals surface area contributed by atoms with Crippen molar-refractivity contribution in [1.29, 1.82) is 0 Å². The highest BCUT2D eigenvalue weighted by Crippen LogP contribution is 2.32. The van der Waals surface area contributed by atoms with Crippen molar-refractivity contribution in [1.82, 2.24) is 15.0 Å². The molecule has 4 rings (SSSR count). The van der Waals surface area contributed by atoms with Crippen LogP contribution >= 0.6 is 0 Å². The lowest BCUT2D eigenvalue weighted by atomic mass is 10.1. The van der Waals surface area contributed by atoms with Crippen LogP contribution in [0.1, 0.15) is 12.8 Å². The van der Waals surface area contributed by atoms with Crippen molar-refractivity contribution >= 4 is 27.6 Å². The van der Waals surface area contributed by atoms with E-state index in [0.29, 0.717) is 6.54 Å². The summed E-state index contributed by atoms with van der Waals surface area (Å²) in [6, 6.07) is 4.07. The number of aliphatic hydroxyl groups excluding tert-OH is 1. The molecule has 2 N–H and O–H groups in total. The topological polar surface area (TPSA) is 65.0 Å². The van der Waals surface area contributed by atoms with Gasteiger partial charge in [-0.1, -0.05) is 6.07 Å². The number of piperidine rings is 1. The molecular formula is C15H16N4O. The minimum atomic E-state index is -0.247. The van der Waals surface area contributed by atoms with Gasteiger partial charge in [0.1, 0.15) is 0 Å². The smallest absolute Gasteiger partial charge is 0.162 e. The van der Waals surface area contributed by atoms with Crippen molar-refractivity contribution in [2.75, 3.05) is 18.0 Å². The Labute approximate surface area is 116 Å². The van der Waals surface area contributed by atoms with Crippen LogP contribution in [0.2, 0.25) is 0 Å². The Hall–Kier alpha value is -2.14. The normalized spacial score (nSPS) is 19.9. The van der Waals surface area contributed by atoms with E-state index in [-0.39, 0.29) is 6.10 Å². The Morgan fingerprint density at radius 3 is 3.10 bits per heavy atom. The van der Waals surface area contributed by atoms with E-state index in [4.69, 9.17) is 0 Å². The molecule has 0 spiro atoms. The van der Waals surface area contributed by atoms with Gasteiger partial charge >= 0.3 is 0 Å². The maximum absolute atomic E-state index is 9.88. The predicted molar refractivity (Wildman–Crippen MR) is 78.8 cm³/mol. The maximum Gasteiger partial charge on any atom is 0.162 e. The van der Waals surface area contributed by atoms with Gasteiger partial charge in [0.15, 0.2) is 5.65 Å². The number of nitrogens with zero attached hydrogens (tertiary/aromatic N) is 3. The van der Waals surface area contributed by atoms with E-state index in [1.54, 1.807) is 0 Å². The summed E-state index contributed by atoms with van der Waals surface area (Å²) in [5.74, 6) is 0. The van der Waals surface area contributed by atoms with E-state index in [1.165, 1.54) is 0 Å². The monoisotopic (exact) mass is 268 g/mol. The number of H-pyrrole nitrogens is 1. The summed E-state index contributed by atoms with van der Waals surface area (Å²) < 4.78 is 0. The van der Waals surface area contributed by atoms with E-state index in [0.717, 1.165) is 47.0 Å². The number of β-amino-alcohol motifs (C(OH)–C–C–N with tert-alkyl or cyclic N) is 1. The summed E-state index contributed by atoms with van der Waals surface area (Å²) in [6.07, 6.45) is 7.24. The number of fused-ring (bicyclic) bond motifs is 3. The van der Waals surface area contributed by atoms with Gasteiger partial charge in [0.2, 0.25) is 0 Å². The molecule has 102 valence electrons. The average Bonchev–Trinajstić information content (AvgIpc) is 2.91. The van der Waals surface area contributed by atoms with Crippen LogP contribution in [0.4, 0.5) is 5.69 Å². The third-order valence-corrected chi connectivity index (χ3v) is 4.00. The largest absolute Gasteiger partial charge is 0.391 e. The number of hydrogen-bond acceptors (Lipinski definition) is 4. The Balaban J connectivity index is 1.93. The Morgan fingerprint density at radius 1 is 1.30 bits per heavy atom. The fourth-order valence-corrected chi connectivity index (χ4v) is 3.04. The van der Waals surface area contributed by atoms with Crippen LogP contribution < -0.4 is 4.90 Å². The van der Waals surface area contributed by atoms with Crippen molar-refractivity contribution in [3.8, 4) is 0 Å². The highest BCUT2D eigenvalue weighted by Gasteiger charge is 2.21. The highest BCUT2D eigenvalue weighted by molar-refractivity contribution is 6.10. The molecule has 4 heterocycles. The highest BCUT2D eigenvalue weighted by atomic mass is 16.3. The molecule has 3 aromatic rings. The lowest BCUT2D eigenvalue weighted by Gasteiger charge is -2.31. The van der Waals surface area contributed by atoms with Gasteiger partial charge in [0.25, 0.3) is 0 Å².